The Balaban J connectivity index is 2.58. The topological polar surface area (TPSA) is 49.3 Å². The van der Waals surface area contributed by atoms with Crippen LogP contribution in [0.15, 0.2) is 11.1 Å². The van der Waals surface area contributed by atoms with Crippen molar-refractivity contribution >= 4 is 5.97 Å². The predicted molar refractivity (Wildman–Crippen MR) is 70.0 cm³/mol. The number of carboxylic acid groups (broad SMARTS) is 1. The van der Waals surface area contributed by atoms with Crippen LogP contribution in [0.2, 0.25) is 0 Å². The van der Waals surface area contributed by atoms with Crippen LogP contribution in [0.4, 0.5) is 0 Å². The molecule has 0 aliphatic carbocycles. The summed E-state index contributed by atoms with van der Waals surface area (Å²) >= 11 is 0. The molecule has 1 aliphatic rings. The quantitative estimate of drug-likeness (QED) is 0.701. The number of carboxylic acids is 1. The van der Waals surface area contributed by atoms with Gasteiger partial charge < -0.3 is 10.4 Å². The Morgan fingerprint density at radius 2 is 2.18 bits per heavy atom. The third kappa shape index (κ3) is 3.56. The Hall–Kier alpha value is -0.830. The summed E-state index contributed by atoms with van der Waals surface area (Å²) < 4.78 is 0. The van der Waals surface area contributed by atoms with Gasteiger partial charge in [0, 0.05) is 12.6 Å². The number of hydrogen-bond acceptors (Lipinski definition) is 2. The highest BCUT2D eigenvalue weighted by atomic mass is 16.4. The molecule has 17 heavy (non-hydrogen) atoms. The smallest absolute Gasteiger partial charge is 0.306 e. The van der Waals surface area contributed by atoms with E-state index in [0.717, 1.165) is 25.8 Å². The largest absolute Gasteiger partial charge is 0.481 e. The minimum Gasteiger partial charge on any atom is -0.481 e. The number of hydrogen-bond donors (Lipinski definition) is 2. The molecule has 3 atom stereocenters. The van der Waals surface area contributed by atoms with Crippen LogP contribution in [0.3, 0.4) is 0 Å². The number of carbonyl (C=O) groups is 1. The molecule has 0 saturated heterocycles. The van der Waals surface area contributed by atoms with Crippen molar-refractivity contribution in [3.63, 3.8) is 0 Å². The zero-order valence-corrected chi connectivity index (χ0v) is 11.4. The summed E-state index contributed by atoms with van der Waals surface area (Å²) in [7, 11) is 0. The van der Waals surface area contributed by atoms with Gasteiger partial charge in [0.05, 0.1) is 5.92 Å². The summed E-state index contributed by atoms with van der Waals surface area (Å²) in [4.78, 5) is 11.2. The van der Waals surface area contributed by atoms with Gasteiger partial charge in [0.15, 0.2) is 0 Å². The molecule has 1 aliphatic heterocycles. The Morgan fingerprint density at radius 1 is 1.53 bits per heavy atom. The van der Waals surface area contributed by atoms with Crippen molar-refractivity contribution in [2.75, 3.05) is 6.54 Å². The molecule has 1 rings (SSSR count). The second-order valence-corrected chi connectivity index (χ2v) is 5.34. The summed E-state index contributed by atoms with van der Waals surface area (Å²) in [6.07, 6.45) is 2.65. The summed E-state index contributed by atoms with van der Waals surface area (Å²) in [6.45, 7) is 9.37. The van der Waals surface area contributed by atoms with Crippen molar-refractivity contribution < 1.29 is 9.90 Å². The summed E-state index contributed by atoms with van der Waals surface area (Å²) in [5.41, 5.74) is 2.81. The van der Waals surface area contributed by atoms with Crippen molar-refractivity contribution in [3.8, 4) is 0 Å². The number of rotatable bonds is 6. The first kappa shape index (κ1) is 14.2. The van der Waals surface area contributed by atoms with E-state index in [1.54, 1.807) is 0 Å². The molecular formula is C14H25NO2. The molecule has 98 valence electrons. The van der Waals surface area contributed by atoms with Crippen LogP contribution in [-0.2, 0) is 4.79 Å². The van der Waals surface area contributed by atoms with E-state index >= 15 is 0 Å². The van der Waals surface area contributed by atoms with E-state index in [4.69, 9.17) is 0 Å². The molecule has 0 aromatic rings. The average molecular weight is 239 g/mol. The molecule has 0 aromatic carbocycles. The molecule has 2 N–H and O–H groups in total. The average Bonchev–Trinajstić information content (AvgIpc) is 2.57. The summed E-state index contributed by atoms with van der Waals surface area (Å²) in [6, 6.07) is 0.378. The number of aliphatic carboxylic acids is 1. The summed E-state index contributed by atoms with van der Waals surface area (Å²) in [5.74, 6) is -0.614. The Bertz CT molecular complexity index is 309. The molecule has 0 spiro atoms. The molecule has 3 heteroatoms. The van der Waals surface area contributed by atoms with Crippen LogP contribution in [0.5, 0.6) is 0 Å². The van der Waals surface area contributed by atoms with Gasteiger partial charge in [-0.2, -0.15) is 0 Å². The van der Waals surface area contributed by atoms with Gasteiger partial charge in [-0.3, -0.25) is 4.79 Å². The Morgan fingerprint density at radius 3 is 2.59 bits per heavy atom. The molecule has 0 radical (unpaired) electrons. The molecule has 1 heterocycles. The third-order valence-corrected chi connectivity index (χ3v) is 4.02. The Labute approximate surface area is 104 Å². The van der Waals surface area contributed by atoms with Crippen LogP contribution < -0.4 is 5.32 Å². The van der Waals surface area contributed by atoms with E-state index < -0.39 is 5.97 Å². The SMILES string of the molecule is CCCC(C(=O)O)C(C)CC1NCC(C)=C1C. The predicted octanol–water partition coefficient (Wildman–Crippen LogP) is 2.82. The van der Waals surface area contributed by atoms with E-state index in [1.807, 2.05) is 6.92 Å². The standard InChI is InChI=1S/C14H25NO2/c1-5-6-12(14(16)17)9(2)7-13-11(4)10(3)8-15-13/h9,12-13,15H,5-8H2,1-4H3,(H,16,17). The highest BCUT2D eigenvalue weighted by Gasteiger charge is 2.28. The van der Waals surface area contributed by atoms with Gasteiger partial charge in [-0.05, 0) is 32.6 Å². The van der Waals surface area contributed by atoms with Crippen molar-refractivity contribution in [2.24, 2.45) is 11.8 Å². The first-order valence-electron chi connectivity index (χ1n) is 6.59. The minimum atomic E-state index is -0.643. The van der Waals surface area contributed by atoms with Crippen molar-refractivity contribution in [2.45, 2.75) is 53.0 Å². The van der Waals surface area contributed by atoms with Gasteiger partial charge in [-0.1, -0.05) is 31.4 Å². The maximum atomic E-state index is 11.2. The minimum absolute atomic E-state index is 0.199. The highest BCUT2D eigenvalue weighted by molar-refractivity contribution is 5.70. The second-order valence-electron chi connectivity index (χ2n) is 5.34. The summed E-state index contributed by atoms with van der Waals surface area (Å²) in [5, 5.41) is 12.7. The van der Waals surface area contributed by atoms with Crippen LogP contribution >= 0.6 is 0 Å². The maximum Gasteiger partial charge on any atom is 0.306 e. The fourth-order valence-electron chi connectivity index (χ4n) is 2.62. The lowest BCUT2D eigenvalue weighted by atomic mass is 9.84. The van der Waals surface area contributed by atoms with Gasteiger partial charge in [-0.25, -0.2) is 0 Å². The lowest BCUT2D eigenvalue weighted by Crippen LogP contribution is -2.31. The van der Waals surface area contributed by atoms with E-state index in [2.05, 4.69) is 26.1 Å². The number of nitrogens with one attached hydrogen (secondary N) is 1. The second kappa shape index (κ2) is 6.20. The van der Waals surface area contributed by atoms with Gasteiger partial charge in [0.25, 0.3) is 0 Å². The third-order valence-electron chi connectivity index (χ3n) is 4.02. The van der Waals surface area contributed by atoms with Crippen molar-refractivity contribution in [3.05, 3.63) is 11.1 Å². The molecule has 0 bridgehead atoms. The van der Waals surface area contributed by atoms with E-state index in [1.165, 1.54) is 11.1 Å². The van der Waals surface area contributed by atoms with Crippen LogP contribution in [0, 0.1) is 11.8 Å². The lowest BCUT2D eigenvalue weighted by molar-refractivity contribution is -0.143. The fraction of sp³-hybridized carbons (Fsp3) is 0.786. The lowest BCUT2D eigenvalue weighted by Gasteiger charge is -2.23. The first-order chi connectivity index (χ1) is 7.97. The maximum absolute atomic E-state index is 11.2. The molecule has 0 aromatic heterocycles. The van der Waals surface area contributed by atoms with Gasteiger partial charge >= 0.3 is 5.97 Å². The zero-order valence-electron chi connectivity index (χ0n) is 11.4. The first-order valence-corrected chi connectivity index (χ1v) is 6.59. The molecule has 0 amide bonds. The molecule has 3 nitrogen and oxygen atoms in total. The van der Waals surface area contributed by atoms with E-state index in [-0.39, 0.29) is 11.8 Å². The Kier molecular flexibility index (Phi) is 5.19. The van der Waals surface area contributed by atoms with Crippen LogP contribution in [0.25, 0.3) is 0 Å². The zero-order chi connectivity index (χ0) is 13.0. The van der Waals surface area contributed by atoms with Gasteiger partial charge in [0.2, 0.25) is 0 Å². The van der Waals surface area contributed by atoms with E-state index in [0.29, 0.717) is 6.04 Å². The van der Waals surface area contributed by atoms with Crippen molar-refractivity contribution in [1.82, 2.24) is 5.32 Å². The molecule has 0 saturated carbocycles. The fourth-order valence-corrected chi connectivity index (χ4v) is 2.62. The monoisotopic (exact) mass is 239 g/mol. The molecule has 0 fully saturated rings. The molecular weight excluding hydrogens is 214 g/mol. The van der Waals surface area contributed by atoms with Gasteiger partial charge in [-0.15, -0.1) is 0 Å². The van der Waals surface area contributed by atoms with E-state index in [9.17, 15) is 9.90 Å². The van der Waals surface area contributed by atoms with Crippen molar-refractivity contribution in [1.29, 1.82) is 0 Å². The van der Waals surface area contributed by atoms with Crippen LogP contribution in [-0.4, -0.2) is 23.7 Å². The van der Waals surface area contributed by atoms with Crippen LogP contribution in [0.1, 0.15) is 47.0 Å². The van der Waals surface area contributed by atoms with Gasteiger partial charge in [0.1, 0.15) is 0 Å². The molecule has 3 unspecified atom stereocenters. The highest BCUT2D eigenvalue weighted by Crippen LogP contribution is 2.27. The normalized spacial score (nSPS) is 23.9.